The van der Waals surface area contributed by atoms with Gasteiger partial charge in [0, 0.05) is 6.42 Å². The van der Waals surface area contributed by atoms with Gasteiger partial charge >= 0.3 is 0 Å². The van der Waals surface area contributed by atoms with E-state index in [1.165, 1.54) is 30.9 Å². The van der Waals surface area contributed by atoms with Crippen LogP contribution in [0, 0.1) is 5.92 Å². The first-order valence-electron chi connectivity index (χ1n) is 8.42. The van der Waals surface area contributed by atoms with E-state index in [0.29, 0.717) is 12.3 Å². The van der Waals surface area contributed by atoms with Crippen LogP contribution in [0.15, 0.2) is 36.0 Å². The van der Waals surface area contributed by atoms with Crippen LogP contribution < -0.4 is 0 Å². The lowest BCUT2D eigenvalue weighted by Crippen LogP contribution is -1.93. The first-order chi connectivity index (χ1) is 10.6. The number of unbranched alkanes of at least 4 members (excludes halogenated alkanes) is 3. The molecule has 0 aliphatic heterocycles. The van der Waals surface area contributed by atoms with Gasteiger partial charge in [0.15, 0.2) is 0 Å². The lowest BCUT2D eigenvalue weighted by Gasteiger charge is -2.03. The van der Waals surface area contributed by atoms with E-state index in [9.17, 15) is 9.59 Å². The quantitative estimate of drug-likeness (QED) is 0.158. The number of aldehydes is 2. The van der Waals surface area contributed by atoms with Gasteiger partial charge < -0.3 is 4.79 Å². The van der Waals surface area contributed by atoms with Crippen molar-refractivity contribution >= 4 is 12.6 Å². The Balaban J connectivity index is 0. The van der Waals surface area contributed by atoms with Crippen LogP contribution in [0.4, 0.5) is 0 Å². The Labute approximate surface area is 137 Å². The van der Waals surface area contributed by atoms with Crippen LogP contribution in [0.1, 0.15) is 72.6 Å². The molecule has 0 rings (SSSR count). The van der Waals surface area contributed by atoms with Crippen molar-refractivity contribution in [3.8, 4) is 0 Å². The summed E-state index contributed by atoms with van der Waals surface area (Å²) in [5.74, 6) is 0.545. The van der Waals surface area contributed by atoms with Gasteiger partial charge in [-0.2, -0.15) is 0 Å². The van der Waals surface area contributed by atoms with Crippen LogP contribution in [0.3, 0.4) is 0 Å². The van der Waals surface area contributed by atoms with Gasteiger partial charge in [0.25, 0.3) is 0 Å². The van der Waals surface area contributed by atoms with Crippen LogP contribution in [0.25, 0.3) is 0 Å². The first kappa shape index (κ1) is 22.8. The van der Waals surface area contributed by atoms with E-state index in [2.05, 4.69) is 39.8 Å². The Kier molecular flexibility index (Phi) is 20.3. The van der Waals surface area contributed by atoms with Gasteiger partial charge in [0.05, 0.1) is 0 Å². The summed E-state index contributed by atoms with van der Waals surface area (Å²) in [5, 5.41) is 0. The van der Waals surface area contributed by atoms with Gasteiger partial charge in [-0.1, -0.05) is 56.6 Å². The molecule has 2 heteroatoms. The lowest BCUT2D eigenvalue weighted by atomic mass is 10.0. The molecule has 22 heavy (non-hydrogen) atoms. The molecule has 126 valence electrons. The molecule has 0 amide bonds. The highest BCUT2D eigenvalue weighted by Gasteiger charge is 1.98. The fourth-order valence-electron chi connectivity index (χ4n) is 1.74. The minimum Gasteiger partial charge on any atom is -0.303 e. The van der Waals surface area contributed by atoms with Gasteiger partial charge in [-0.3, -0.25) is 4.79 Å². The highest BCUT2D eigenvalue weighted by molar-refractivity contribution is 5.65. The van der Waals surface area contributed by atoms with Crippen molar-refractivity contribution < 1.29 is 9.59 Å². The first-order valence-corrected chi connectivity index (χ1v) is 8.42. The molecule has 0 aromatic carbocycles. The minimum absolute atomic E-state index is 0.545. The smallest absolute Gasteiger partial charge is 0.142 e. The van der Waals surface area contributed by atoms with Crippen molar-refractivity contribution in [3.05, 3.63) is 36.0 Å². The van der Waals surface area contributed by atoms with Crippen molar-refractivity contribution in [2.75, 3.05) is 0 Å². The van der Waals surface area contributed by atoms with Crippen molar-refractivity contribution in [2.24, 2.45) is 5.92 Å². The topological polar surface area (TPSA) is 34.1 Å². The molecule has 1 unspecified atom stereocenters. The summed E-state index contributed by atoms with van der Waals surface area (Å²) in [7, 11) is 0. The highest BCUT2D eigenvalue weighted by Crippen LogP contribution is 2.09. The minimum atomic E-state index is 0.545. The molecule has 0 heterocycles. The van der Waals surface area contributed by atoms with Crippen molar-refractivity contribution in [1.82, 2.24) is 0 Å². The fourth-order valence-corrected chi connectivity index (χ4v) is 1.74. The molecular formula is C20H34O2. The number of hydrogen-bond donors (Lipinski definition) is 0. The Morgan fingerprint density at radius 2 is 1.73 bits per heavy atom. The van der Waals surface area contributed by atoms with Gasteiger partial charge in [-0.25, -0.2) is 0 Å². The average molecular weight is 306 g/mol. The zero-order valence-electron chi connectivity index (χ0n) is 14.9. The maximum Gasteiger partial charge on any atom is 0.142 e. The van der Waals surface area contributed by atoms with Gasteiger partial charge in [0.2, 0.25) is 0 Å². The second kappa shape index (κ2) is 19.6. The molecule has 0 fully saturated rings. The van der Waals surface area contributed by atoms with E-state index in [1.807, 2.05) is 6.08 Å². The second-order valence-electron chi connectivity index (χ2n) is 5.81. The van der Waals surface area contributed by atoms with Crippen molar-refractivity contribution in [1.29, 1.82) is 0 Å². The predicted octanol–water partition coefficient (Wildman–Crippen LogP) is 5.84. The summed E-state index contributed by atoms with van der Waals surface area (Å²) in [6, 6.07) is 0. The summed E-state index contributed by atoms with van der Waals surface area (Å²) in [6.45, 7) is 8.51. The molecule has 0 radical (unpaired) electrons. The van der Waals surface area contributed by atoms with Gasteiger partial charge in [-0.05, 0) is 51.5 Å². The highest BCUT2D eigenvalue weighted by atomic mass is 16.1. The largest absolute Gasteiger partial charge is 0.303 e. The number of allylic oxidation sites excluding steroid dienone is 6. The molecule has 2 nitrogen and oxygen atoms in total. The Hall–Kier alpha value is -1.44. The van der Waals surface area contributed by atoms with E-state index in [-0.39, 0.29) is 0 Å². The standard InChI is InChI=1S/C10H18O.C10H16O/c1-9(2)5-4-6-10(3)7-8-11;1-2-3-4-5-6-7-8-9-10-11/h5,8,10H,4,6-7H2,1-3H3;6-10H,2-5H2,1H3/b;7-6?,9-8+. The lowest BCUT2D eigenvalue weighted by molar-refractivity contribution is -0.108. The predicted molar refractivity (Wildman–Crippen MR) is 97.0 cm³/mol. The third kappa shape index (κ3) is 23.6. The Morgan fingerprint density at radius 1 is 1.00 bits per heavy atom. The van der Waals surface area contributed by atoms with Crippen LogP contribution >= 0.6 is 0 Å². The number of hydrogen-bond acceptors (Lipinski definition) is 2. The van der Waals surface area contributed by atoms with Crippen LogP contribution in [-0.2, 0) is 9.59 Å². The van der Waals surface area contributed by atoms with Crippen LogP contribution in [0.5, 0.6) is 0 Å². The summed E-state index contributed by atoms with van der Waals surface area (Å²) in [6.07, 6.45) is 19.2. The molecule has 1 atom stereocenters. The summed E-state index contributed by atoms with van der Waals surface area (Å²) >= 11 is 0. The number of rotatable bonds is 11. The SMILES string of the molecule is CC(C)=CCCC(C)CC=O.CCCCCC=C/C=C/C=O. The fraction of sp³-hybridized carbons (Fsp3) is 0.600. The average Bonchev–Trinajstić information content (AvgIpc) is 2.47. The van der Waals surface area contributed by atoms with Crippen LogP contribution in [0.2, 0.25) is 0 Å². The van der Waals surface area contributed by atoms with Crippen LogP contribution in [-0.4, -0.2) is 12.6 Å². The molecule has 0 aliphatic carbocycles. The Bertz CT molecular complexity index is 334. The van der Waals surface area contributed by atoms with E-state index in [1.54, 1.807) is 6.08 Å². The number of carbonyl (C=O) groups is 2. The van der Waals surface area contributed by atoms with Gasteiger partial charge in [-0.15, -0.1) is 0 Å². The molecule has 0 N–H and O–H groups in total. The molecule has 0 aliphatic rings. The third-order valence-corrected chi connectivity index (χ3v) is 3.12. The second-order valence-corrected chi connectivity index (χ2v) is 5.81. The zero-order chi connectivity index (χ0) is 17.1. The van der Waals surface area contributed by atoms with Crippen molar-refractivity contribution in [2.45, 2.75) is 72.6 Å². The molecule has 0 spiro atoms. The van der Waals surface area contributed by atoms with E-state index >= 15 is 0 Å². The summed E-state index contributed by atoms with van der Waals surface area (Å²) < 4.78 is 0. The summed E-state index contributed by atoms with van der Waals surface area (Å²) in [4.78, 5) is 19.9. The normalized spacial score (nSPS) is 11.8. The van der Waals surface area contributed by atoms with E-state index in [4.69, 9.17) is 0 Å². The molecule has 0 aromatic heterocycles. The molecular weight excluding hydrogens is 272 g/mol. The molecule has 0 bridgehead atoms. The molecule has 0 saturated heterocycles. The maximum absolute atomic E-state index is 10.1. The molecule has 0 aromatic rings. The monoisotopic (exact) mass is 306 g/mol. The van der Waals surface area contributed by atoms with E-state index in [0.717, 1.165) is 31.8 Å². The van der Waals surface area contributed by atoms with E-state index < -0.39 is 0 Å². The van der Waals surface area contributed by atoms with Gasteiger partial charge in [0.1, 0.15) is 12.6 Å². The zero-order valence-corrected chi connectivity index (χ0v) is 14.9. The third-order valence-electron chi connectivity index (χ3n) is 3.12. The maximum atomic E-state index is 10.1. The number of carbonyl (C=O) groups excluding carboxylic acids is 2. The molecule has 0 saturated carbocycles. The van der Waals surface area contributed by atoms with Crippen molar-refractivity contribution in [3.63, 3.8) is 0 Å². The Morgan fingerprint density at radius 3 is 2.27 bits per heavy atom. The summed E-state index contributed by atoms with van der Waals surface area (Å²) in [5.41, 5.74) is 1.36.